The van der Waals surface area contributed by atoms with Gasteiger partial charge in [-0.25, -0.2) is 5.01 Å². The molecule has 0 bridgehead atoms. The maximum absolute atomic E-state index is 13.2. The van der Waals surface area contributed by atoms with E-state index < -0.39 is 6.17 Å². The molecule has 160 valence electrons. The minimum absolute atomic E-state index is 0.174. The summed E-state index contributed by atoms with van der Waals surface area (Å²) >= 11 is 9.15. The molecule has 0 saturated heterocycles. The van der Waals surface area contributed by atoms with Crippen molar-refractivity contribution < 1.29 is 4.79 Å². The van der Waals surface area contributed by atoms with Gasteiger partial charge in [0.1, 0.15) is 5.70 Å². The molecule has 8 heteroatoms. The van der Waals surface area contributed by atoms with E-state index in [-0.39, 0.29) is 5.91 Å². The molecule has 2 heterocycles. The van der Waals surface area contributed by atoms with Gasteiger partial charge >= 0.3 is 0 Å². The number of nitrogens with one attached hydrogen (secondary N) is 1. The number of benzene rings is 3. The molecular weight excluding hydrogens is 460 g/mol. The van der Waals surface area contributed by atoms with E-state index in [2.05, 4.69) is 17.4 Å². The molecule has 0 aliphatic carbocycles. The number of halogens is 1. The molecule has 5 rings (SSSR count). The second-order valence-corrected chi connectivity index (χ2v) is 9.54. The molecular formula is C24H19ClN4OS2. The van der Waals surface area contributed by atoms with Crippen LogP contribution in [-0.4, -0.2) is 22.3 Å². The fourth-order valence-corrected chi connectivity index (χ4v) is 4.96. The fraction of sp³-hybridized carbons (Fsp3) is 0.125. The van der Waals surface area contributed by atoms with Gasteiger partial charge in [-0.15, -0.1) is 16.9 Å². The van der Waals surface area contributed by atoms with Crippen LogP contribution in [0.1, 0.15) is 17.3 Å². The summed E-state index contributed by atoms with van der Waals surface area (Å²) in [6.07, 6.45) is 1.64. The smallest absolute Gasteiger partial charge is 0.276 e. The first-order valence-electron chi connectivity index (χ1n) is 10.00. The molecule has 0 fully saturated rings. The van der Waals surface area contributed by atoms with Crippen LogP contribution in [0.25, 0.3) is 5.70 Å². The Bertz CT molecular complexity index is 1320. The van der Waals surface area contributed by atoms with E-state index in [4.69, 9.17) is 21.7 Å². The van der Waals surface area contributed by atoms with Gasteiger partial charge in [-0.3, -0.25) is 15.1 Å². The van der Waals surface area contributed by atoms with Gasteiger partial charge in [-0.05, 0) is 47.7 Å². The van der Waals surface area contributed by atoms with Crippen LogP contribution in [0.5, 0.6) is 0 Å². The highest BCUT2D eigenvalue weighted by molar-refractivity contribution is 8.13. The SMILES string of the molecule is CSc1ccc(C2N=c3ccccc3=C3C(=O)NC(SCc4ccc(Cl)cc4)=NN32)cc1. The largest absolute Gasteiger partial charge is 0.298 e. The fourth-order valence-electron chi connectivity index (χ4n) is 3.62. The molecule has 5 nitrogen and oxygen atoms in total. The quantitative estimate of drug-likeness (QED) is 0.573. The topological polar surface area (TPSA) is 57.1 Å². The predicted octanol–water partition coefficient (Wildman–Crippen LogP) is 4.14. The standard InChI is InChI=1S/C24H19ClN4OS2/c1-31-18-12-8-16(9-13-18)22-26-20-5-3-2-4-19(20)21-23(30)27-24(28-29(21)22)32-14-15-6-10-17(25)11-7-15/h2-13,22H,14H2,1H3,(H,27,28,30). The molecule has 1 atom stereocenters. The second kappa shape index (κ2) is 9.02. The van der Waals surface area contributed by atoms with Crippen LogP contribution < -0.4 is 15.9 Å². The molecule has 1 unspecified atom stereocenters. The minimum atomic E-state index is -0.409. The molecule has 2 aliphatic heterocycles. The molecule has 1 N–H and O–H groups in total. The Morgan fingerprint density at radius 2 is 1.78 bits per heavy atom. The van der Waals surface area contributed by atoms with Crippen LogP contribution in [-0.2, 0) is 10.5 Å². The van der Waals surface area contributed by atoms with E-state index >= 15 is 0 Å². The van der Waals surface area contributed by atoms with Gasteiger partial charge in [0.25, 0.3) is 5.91 Å². The highest BCUT2D eigenvalue weighted by Crippen LogP contribution is 2.32. The lowest BCUT2D eigenvalue weighted by Gasteiger charge is -2.34. The number of thioether (sulfide) groups is 2. The molecule has 1 amide bonds. The lowest BCUT2D eigenvalue weighted by Crippen LogP contribution is -2.50. The lowest BCUT2D eigenvalue weighted by atomic mass is 10.1. The summed E-state index contributed by atoms with van der Waals surface area (Å²) in [5.74, 6) is 0.493. The first-order valence-corrected chi connectivity index (χ1v) is 12.6. The first-order chi connectivity index (χ1) is 15.6. The maximum Gasteiger partial charge on any atom is 0.276 e. The van der Waals surface area contributed by atoms with Gasteiger partial charge in [-0.2, -0.15) is 0 Å². The van der Waals surface area contributed by atoms with Crippen molar-refractivity contribution in [2.24, 2.45) is 10.1 Å². The number of hydrogen-bond donors (Lipinski definition) is 1. The summed E-state index contributed by atoms with van der Waals surface area (Å²) in [5.41, 5.74) is 2.60. The van der Waals surface area contributed by atoms with Crippen molar-refractivity contribution >= 4 is 51.9 Å². The van der Waals surface area contributed by atoms with Crippen LogP contribution >= 0.6 is 35.1 Å². The zero-order valence-corrected chi connectivity index (χ0v) is 19.5. The van der Waals surface area contributed by atoms with Gasteiger partial charge in [0, 0.05) is 20.9 Å². The summed E-state index contributed by atoms with van der Waals surface area (Å²) < 4.78 is 0. The van der Waals surface area contributed by atoms with Crippen molar-refractivity contribution in [2.45, 2.75) is 16.8 Å². The van der Waals surface area contributed by atoms with Crippen LogP contribution in [0.3, 0.4) is 0 Å². The summed E-state index contributed by atoms with van der Waals surface area (Å²) in [5, 5.41) is 12.3. The Morgan fingerprint density at radius 3 is 2.53 bits per heavy atom. The van der Waals surface area contributed by atoms with Gasteiger partial charge in [0.05, 0.1) is 5.36 Å². The number of para-hydroxylation sites is 1. The van der Waals surface area contributed by atoms with Crippen molar-refractivity contribution in [1.29, 1.82) is 0 Å². The molecule has 32 heavy (non-hydrogen) atoms. The third-order valence-corrected chi connectivity index (χ3v) is 7.15. The number of carbonyl (C=O) groups is 1. The molecule has 2 aliphatic rings. The van der Waals surface area contributed by atoms with E-state index in [0.717, 1.165) is 21.7 Å². The van der Waals surface area contributed by atoms with E-state index in [1.165, 1.54) is 16.7 Å². The van der Waals surface area contributed by atoms with Gasteiger partial charge < -0.3 is 0 Å². The molecule has 3 aromatic carbocycles. The van der Waals surface area contributed by atoms with E-state index in [0.29, 0.717) is 21.6 Å². The number of hydrogen-bond acceptors (Lipinski definition) is 6. The third kappa shape index (κ3) is 4.16. The first kappa shape index (κ1) is 21.1. The summed E-state index contributed by atoms with van der Waals surface area (Å²) in [6, 6.07) is 23.6. The van der Waals surface area contributed by atoms with Crippen LogP contribution in [0, 0.1) is 0 Å². The number of rotatable bonds is 4. The Labute approximate surface area is 199 Å². The molecule has 3 aromatic rings. The van der Waals surface area contributed by atoms with Crippen LogP contribution in [0.4, 0.5) is 0 Å². The average Bonchev–Trinajstić information content (AvgIpc) is 2.83. The van der Waals surface area contributed by atoms with Crippen molar-refractivity contribution in [1.82, 2.24) is 10.3 Å². The Morgan fingerprint density at radius 1 is 1.03 bits per heavy atom. The number of nitrogens with zero attached hydrogens (tertiary/aromatic N) is 3. The second-order valence-electron chi connectivity index (χ2n) is 7.26. The highest BCUT2D eigenvalue weighted by atomic mass is 35.5. The monoisotopic (exact) mass is 478 g/mol. The Hall–Kier alpha value is -2.74. The summed E-state index contributed by atoms with van der Waals surface area (Å²) in [4.78, 5) is 19.3. The minimum Gasteiger partial charge on any atom is -0.298 e. The van der Waals surface area contributed by atoms with Crippen LogP contribution in [0.15, 0.2) is 87.8 Å². The third-order valence-electron chi connectivity index (χ3n) is 5.22. The number of carbonyl (C=O) groups excluding carboxylic acids is 1. The normalized spacial score (nSPS) is 17.1. The van der Waals surface area contributed by atoms with Crippen LogP contribution in [0.2, 0.25) is 5.02 Å². The van der Waals surface area contributed by atoms with Gasteiger partial charge in [0.15, 0.2) is 11.3 Å². The number of amidine groups is 1. The summed E-state index contributed by atoms with van der Waals surface area (Å²) in [6.45, 7) is 0. The predicted molar refractivity (Wildman–Crippen MR) is 132 cm³/mol. The highest BCUT2D eigenvalue weighted by Gasteiger charge is 2.34. The molecule has 0 saturated carbocycles. The van der Waals surface area contributed by atoms with Gasteiger partial charge in [-0.1, -0.05) is 65.8 Å². The molecule has 0 spiro atoms. The average molecular weight is 479 g/mol. The summed E-state index contributed by atoms with van der Waals surface area (Å²) in [7, 11) is 0. The number of amides is 1. The number of hydrazone groups is 1. The number of fused-ring (bicyclic) bond motifs is 2. The Kier molecular flexibility index (Phi) is 5.95. The van der Waals surface area contributed by atoms with Gasteiger partial charge in [0.2, 0.25) is 0 Å². The molecule has 0 aromatic heterocycles. The zero-order chi connectivity index (χ0) is 22.1. The van der Waals surface area contributed by atoms with Crippen molar-refractivity contribution in [3.05, 3.63) is 99.5 Å². The maximum atomic E-state index is 13.2. The van der Waals surface area contributed by atoms with E-state index in [1.807, 2.05) is 66.9 Å². The molecule has 0 radical (unpaired) electrons. The van der Waals surface area contributed by atoms with E-state index in [9.17, 15) is 4.79 Å². The van der Waals surface area contributed by atoms with Crippen molar-refractivity contribution in [3.8, 4) is 0 Å². The lowest BCUT2D eigenvalue weighted by molar-refractivity contribution is -0.116. The van der Waals surface area contributed by atoms with Crippen molar-refractivity contribution in [2.75, 3.05) is 6.26 Å². The zero-order valence-electron chi connectivity index (χ0n) is 17.2. The Balaban J connectivity index is 1.53. The van der Waals surface area contributed by atoms with E-state index in [1.54, 1.807) is 16.8 Å². The van der Waals surface area contributed by atoms with Crippen molar-refractivity contribution in [3.63, 3.8) is 0 Å².